The molecule has 0 radical (unpaired) electrons. The van der Waals surface area contributed by atoms with E-state index in [1.807, 2.05) is 13.8 Å². The standard InChI is InChI=1S/C22H44O2/c1-6-7-8-9-10-11-12-13-14-15-16-17-18-21(19(2)3)22(23)24-20(4)5/h19-21H,6-18H2,1-5H3. The second-order valence-corrected chi connectivity index (χ2v) is 8.01. The highest BCUT2D eigenvalue weighted by Crippen LogP contribution is 2.22. The molecule has 0 rings (SSSR count). The van der Waals surface area contributed by atoms with E-state index in [1.54, 1.807) is 0 Å². The lowest BCUT2D eigenvalue weighted by Crippen LogP contribution is -2.25. The zero-order valence-corrected chi connectivity index (χ0v) is 17.2. The number of rotatable bonds is 16. The van der Waals surface area contributed by atoms with E-state index in [-0.39, 0.29) is 18.0 Å². The average Bonchev–Trinajstić information content (AvgIpc) is 2.50. The van der Waals surface area contributed by atoms with Crippen LogP contribution in [0.3, 0.4) is 0 Å². The number of esters is 1. The first-order valence-corrected chi connectivity index (χ1v) is 10.7. The lowest BCUT2D eigenvalue weighted by atomic mass is 9.90. The highest BCUT2D eigenvalue weighted by molar-refractivity contribution is 5.72. The molecule has 24 heavy (non-hydrogen) atoms. The third-order valence-electron chi connectivity index (χ3n) is 4.83. The van der Waals surface area contributed by atoms with Crippen molar-refractivity contribution in [2.24, 2.45) is 11.8 Å². The fourth-order valence-electron chi connectivity index (χ4n) is 3.25. The summed E-state index contributed by atoms with van der Waals surface area (Å²) in [6.45, 7) is 10.4. The molecule has 0 aliphatic carbocycles. The Bertz CT molecular complexity index is 284. The maximum absolute atomic E-state index is 12.1. The van der Waals surface area contributed by atoms with Gasteiger partial charge in [0.2, 0.25) is 0 Å². The minimum Gasteiger partial charge on any atom is -0.463 e. The van der Waals surface area contributed by atoms with E-state index < -0.39 is 0 Å². The van der Waals surface area contributed by atoms with Crippen LogP contribution >= 0.6 is 0 Å². The summed E-state index contributed by atoms with van der Waals surface area (Å²) in [4.78, 5) is 12.1. The summed E-state index contributed by atoms with van der Waals surface area (Å²) in [5.41, 5.74) is 0. The third kappa shape index (κ3) is 13.9. The van der Waals surface area contributed by atoms with Gasteiger partial charge in [-0.05, 0) is 26.2 Å². The van der Waals surface area contributed by atoms with Crippen LogP contribution < -0.4 is 0 Å². The second-order valence-electron chi connectivity index (χ2n) is 8.01. The molecule has 0 aromatic carbocycles. The first kappa shape index (κ1) is 23.5. The Balaban J connectivity index is 3.54. The van der Waals surface area contributed by atoms with Crippen LogP contribution in [-0.4, -0.2) is 12.1 Å². The van der Waals surface area contributed by atoms with Gasteiger partial charge in [-0.15, -0.1) is 0 Å². The molecule has 0 saturated heterocycles. The van der Waals surface area contributed by atoms with E-state index in [9.17, 15) is 4.79 Å². The number of unbranched alkanes of at least 4 members (excludes halogenated alkanes) is 11. The van der Waals surface area contributed by atoms with Crippen LogP contribution in [0.5, 0.6) is 0 Å². The number of hydrogen-bond donors (Lipinski definition) is 0. The van der Waals surface area contributed by atoms with E-state index in [2.05, 4.69) is 20.8 Å². The maximum atomic E-state index is 12.1. The summed E-state index contributed by atoms with van der Waals surface area (Å²) in [5, 5.41) is 0. The van der Waals surface area contributed by atoms with E-state index in [0.717, 1.165) is 12.8 Å². The van der Waals surface area contributed by atoms with Crippen molar-refractivity contribution in [2.45, 2.75) is 124 Å². The summed E-state index contributed by atoms with van der Waals surface area (Å²) in [5.74, 6) is 0.461. The lowest BCUT2D eigenvalue weighted by molar-refractivity contribution is -0.154. The van der Waals surface area contributed by atoms with Crippen LogP contribution in [0.25, 0.3) is 0 Å². The van der Waals surface area contributed by atoms with Crippen molar-refractivity contribution in [1.82, 2.24) is 0 Å². The van der Waals surface area contributed by atoms with Crippen LogP contribution in [0, 0.1) is 11.8 Å². The maximum Gasteiger partial charge on any atom is 0.309 e. The van der Waals surface area contributed by atoms with Gasteiger partial charge in [-0.3, -0.25) is 4.79 Å². The van der Waals surface area contributed by atoms with Gasteiger partial charge in [0.15, 0.2) is 0 Å². The summed E-state index contributed by atoms with van der Waals surface area (Å²) in [7, 11) is 0. The molecule has 0 heterocycles. The van der Waals surface area contributed by atoms with Crippen LogP contribution in [0.2, 0.25) is 0 Å². The second kappa shape index (κ2) is 16.0. The fraction of sp³-hybridized carbons (Fsp3) is 0.955. The van der Waals surface area contributed by atoms with Crippen LogP contribution in [0.1, 0.15) is 118 Å². The summed E-state index contributed by atoms with van der Waals surface area (Å²) in [6.07, 6.45) is 17.3. The van der Waals surface area contributed by atoms with Gasteiger partial charge in [0, 0.05) is 0 Å². The number of hydrogen-bond acceptors (Lipinski definition) is 2. The predicted octanol–water partition coefficient (Wildman–Crippen LogP) is 7.30. The molecule has 0 aromatic rings. The molecule has 0 spiro atoms. The molecule has 144 valence electrons. The molecule has 0 aromatic heterocycles. The highest BCUT2D eigenvalue weighted by Gasteiger charge is 2.23. The zero-order valence-electron chi connectivity index (χ0n) is 17.2. The first-order valence-electron chi connectivity index (χ1n) is 10.7. The Labute approximate surface area is 152 Å². The van der Waals surface area contributed by atoms with Crippen molar-refractivity contribution in [1.29, 1.82) is 0 Å². The topological polar surface area (TPSA) is 26.3 Å². The molecular formula is C22H44O2. The Kier molecular flexibility index (Phi) is 15.6. The van der Waals surface area contributed by atoms with Gasteiger partial charge < -0.3 is 4.74 Å². The van der Waals surface area contributed by atoms with Crippen molar-refractivity contribution in [3.63, 3.8) is 0 Å². The summed E-state index contributed by atoms with van der Waals surface area (Å²) < 4.78 is 5.39. The number of carbonyl (C=O) groups excluding carboxylic acids is 1. The fourth-order valence-corrected chi connectivity index (χ4v) is 3.25. The van der Waals surface area contributed by atoms with Crippen molar-refractivity contribution in [3.8, 4) is 0 Å². The first-order chi connectivity index (χ1) is 11.5. The molecule has 0 fully saturated rings. The molecule has 0 saturated carbocycles. The minimum atomic E-state index is 0.000669. The monoisotopic (exact) mass is 340 g/mol. The Hall–Kier alpha value is -0.530. The van der Waals surface area contributed by atoms with E-state index in [1.165, 1.54) is 70.6 Å². The van der Waals surface area contributed by atoms with Gasteiger partial charge in [-0.2, -0.15) is 0 Å². The lowest BCUT2D eigenvalue weighted by Gasteiger charge is -2.20. The van der Waals surface area contributed by atoms with E-state index >= 15 is 0 Å². The molecule has 0 amide bonds. The van der Waals surface area contributed by atoms with Gasteiger partial charge in [-0.25, -0.2) is 0 Å². The summed E-state index contributed by atoms with van der Waals surface area (Å²) in [6, 6.07) is 0. The Morgan fingerprint density at radius 3 is 1.50 bits per heavy atom. The van der Waals surface area contributed by atoms with Crippen molar-refractivity contribution < 1.29 is 9.53 Å². The molecule has 2 heteroatoms. The zero-order chi connectivity index (χ0) is 18.2. The van der Waals surface area contributed by atoms with E-state index in [4.69, 9.17) is 4.74 Å². The molecule has 2 nitrogen and oxygen atoms in total. The number of ether oxygens (including phenoxy) is 1. The summed E-state index contributed by atoms with van der Waals surface area (Å²) >= 11 is 0. The van der Waals surface area contributed by atoms with Gasteiger partial charge in [0.05, 0.1) is 12.0 Å². The van der Waals surface area contributed by atoms with E-state index in [0.29, 0.717) is 5.92 Å². The highest BCUT2D eigenvalue weighted by atomic mass is 16.5. The largest absolute Gasteiger partial charge is 0.463 e. The normalized spacial score (nSPS) is 12.8. The molecule has 0 bridgehead atoms. The molecule has 0 aliphatic rings. The van der Waals surface area contributed by atoms with Crippen molar-refractivity contribution in [3.05, 3.63) is 0 Å². The van der Waals surface area contributed by atoms with Crippen molar-refractivity contribution >= 4 is 5.97 Å². The quantitative estimate of drug-likeness (QED) is 0.217. The van der Waals surface area contributed by atoms with Gasteiger partial charge >= 0.3 is 5.97 Å². The van der Waals surface area contributed by atoms with Gasteiger partial charge in [0.1, 0.15) is 0 Å². The van der Waals surface area contributed by atoms with Crippen LogP contribution in [-0.2, 0) is 9.53 Å². The molecular weight excluding hydrogens is 296 g/mol. The Morgan fingerprint density at radius 1 is 0.708 bits per heavy atom. The smallest absolute Gasteiger partial charge is 0.309 e. The third-order valence-corrected chi connectivity index (χ3v) is 4.83. The predicted molar refractivity (Wildman–Crippen MR) is 105 cm³/mol. The van der Waals surface area contributed by atoms with Crippen LogP contribution in [0.15, 0.2) is 0 Å². The SMILES string of the molecule is CCCCCCCCCCCCCCC(C(=O)OC(C)C)C(C)C. The number of carbonyl (C=O) groups is 1. The minimum absolute atomic E-state index is 0.000669. The van der Waals surface area contributed by atoms with Gasteiger partial charge in [-0.1, -0.05) is 97.8 Å². The molecule has 0 N–H and O–H groups in total. The molecule has 1 unspecified atom stereocenters. The van der Waals surface area contributed by atoms with Gasteiger partial charge in [0.25, 0.3) is 0 Å². The van der Waals surface area contributed by atoms with Crippen LogP contribution in [0.4, 0.5) is 0 Å². The molecule has 0 aliphatic heterocycles. The average molecular weight is 341 g/mol. The molecule has 1 atom stereocenters. The Morgan fingerprint density at radius 2 is 1.12 bits per heavy atom. The van der Waals surface area contributed by atoms with Crippen molar-refractivity contribution in [2.75, 3.05) is 0 Å².